The molecule has 2 aliphatic rings. The van der Waals surface area contributed by atoms with Crippen LogP contribution in [0.1, 0.15) is 25.3 Å². The Kier molecular flexibility index (Phi) is 4.83. The summed E-state index contributed by atoms with van der Waals surface area (Å²) in [4.78, 5) is 16.0. The van der Waals surface area contributed by atoms with Crippen molar-refractivity contribution >= 4 is 6.03 Å². The van der Waals surface area contributed by atoms with E-state index >= 15 is 0 Å². The number of benzene rings is 1. The minimum absolute atomic E-state index is 0.0956. The summed E-state index contributed by atoms with van der Waals surface area (Å²) in [6.07, 6.45) is 2.25. The lowest BCUT2D eigenvalue weighted by molar-refractivity contribution is 0.116. The molecule has 1 aromatic carbocycles. The fourth-order valence-corrected chi connectivity index (χ4v) is 3.10. The van der Waals surface area contributed by atoms with Gasteiger partial charge in [0.2, 0.25) is 0 Å². The van der Waals surface area contributed by atoms with Gasteiger partial charge in [0, 0.05) is 32.7 Å². The number of carbonyl (C=O) groups excluding carboxylic acids is 1. The van der Waals surface area contributed by atoms with E-state index in [0.717, 1.165) is 57.9 Å². The molecule has 1 aromatic rings. The lowest BCUT2D eigenvalue weighted by atomic mass is 10.1. The van der Waals surface area contributed by atoms with E-state index in [1.54, 1.807) is 0 Å². The van der Waals surface area contributed by atoms with Crippen LogP contribution in [-0.4, -0.2) is 54.7 Å². The number of carbonyl (C=O) groups is 1. The number of piperazine rings is 1. The maximum atomic E-state index is 11.6. The Morgan fingerprint density at radius 3 is 2.86 bits per heavy atom. The number of unbranched alkanes of at least 4 members (excludes halogenated alkanes) is 1. The fraction of sp³-hybridized carbons (Fsp3) is 0.588. The highest BCUT2D eigenvalue weighted by molar-refractivity contribution is 5.77. The van der Waals surface area contributed by atoms with Crippen molar-refractivity contribution in [2.24, 2.45) is 0 Å². The summed E-state index contributed by atoms with van der Waals surface area (Å²) < 4.78 is 5.69. The number of rotatable bonds is 6. The number of urea groups is 1. The van der Waals surface area contributed by atoms with E-state index in [-0.39, 0.29) is 6.03 Å². The summed E-state index contributed by atoms with van der Waals surface area (Å²) in [5, 5.41) is 2.92. The van der Waals surface area contributed by atoms with Gasteiger partial charge >= 0.3 is 6.03 Å². The second kappa shape index (κ2) is 7.01. The zero-order valence-electron chi connectivity index (χ0n) is 13.3. The Balaban J connectivity index is 1.50. The SMILES string of the molecule is CCCCOc1ccc(CN2CCN3C(=O)NCC3C2)cc1. The van der Waals surface area contributed by atoms with Gasteiger partial charge in [0.15, 0.2) is 0 Å². The molecule has 3 rings (SSSR count). The summed E-state index contributed by atoms with van der Waals surface area (Å²) in [6.45, 7) is 7.40. The highest BCUT2D eigenvalue weighted by Crippen LogP contribution is 2.18. The average molecular weight is 303 g/mol. The Morgan fingerprint density at radius 1 is 1.27 bits per heavy atom. The number of fused-ring (bicyclic) bond motifs is 1. The molecule has 2 fully saturated rings. The van der Waals surface area contributed by atoms with E-state index in [1.165, 1.54) is 5.56 Å². The maximum Gasteiger partial charge on any atom is 0.317 e. The van der Waals surface area contributed by atoms with Crippen molar-refractivity contribution in [1.29, 1.82) is 0 Å². The maximum absolute atomic E-state index is 11.6. The van der Waals surface area contributed by atoms with Crippen molar-refractivity contribution in [3.63, 3.8) is 0 Å². The highest BCUT2D eigenvalue weighted by atomic mass is 16.5. The van der Waals surface area contributed by atoms with Gasteiger partial charge in [-0.1, -0.05) is 25.5 Å². The predicted molar refractivity (Wildman–Crippen MR) is 86.0 cm³/mol. The van der Waals surface area contributed by atoms with Crippen molar-refractivity contribution in [3.05, 3.63) is 29.8 Å². The second-order valence-electron chi connectivity index (χ2n) is 6.11. The molecule has 22 heavy (non-hydrogen) atoms. The minimum Gasteiger partial charge on any atom is -0.494 e. The molecule has 0 bridgehead atoms. The summed E-state index contributed by atoms with van der Waals surface area (Å²) in [5.41, 5.74) is 1.30. The van der Waals surface area contributed by atoms with Crippen molar-refractivity contribution in [2.75, 3.05) is 32.8 Å². The highest BCUT2D eigenvalue weighted by Gasteiger charge is 2.35. The van der Waals surface area contributed by atoms with E-state index < -0.39 is 0 Å². The molecule has 2 heterocycles. The molecule has 0 spiro atoms. The van der Waals surface area contributed by atoms with Crippen LogP contribution in [0.5, 0.6) is 5.75 Å². The smallest absolute Gasteiger partial charge is 0.317 e. The molecule has 0 saturated carbocycles. The molecule has 120 valence electrons. The number of nitrogens with one attached hydrogen (secondary N) is 1. The van der Waals surface area contributed by atoms with Gasteiger partial charge in [0.1, 0.15) is 5.75 Å². The normalized spacial score (nSPS) is 21.6. The monoisotopic (exact) mass is 303 g/mol. The summed E-state index contributed by atoms with van der Waals surface area (Å²) in [6, 6.07) is 8.83. The number of hydrogen-bond acceptors (Lipinski definition) is 3. The third-order valence-corrected chi connectivity index (χ3v) is 4.41. The van der Waals surface area contributed by atoms with E-state index in [9.17, 15) is 4.79 Å². The Labute approximate surface area is 132 Å². The lowest BCUT2D eigenvalue weighted by Crippen LogP contribution is -2.51. The molecule has 5 nitrogen and oxygen atoms in total. The fourth-order valence-electron chi connectivity index (χ4n) is 3.10. The van der Waals surface area contributed by atoms with Crippen LogP contribution in [0.2, 0.25) is 0 Å². The van der Waals surface area contributed by atoms with Crippen LogP contribution in [0.25, 0.3) is 0 Å². The van der Waals surface area contributed by atoms with Gasteiger partial charge in [0.05, 0.1) is 12.6 Å². The van der Waals surface area contributed by atoms with E-state index in [4.69, 9.17) is 4.74 Å². The number of amides is 2. The van der Waals surface area contributed by atoms with Gasteiger partial charge in [-0.3, -0.25) is 4.90 Å². The Bertz CT molecular complexity index is 503. The van der Waals surface area contributed by atoms with Crippen molar-refractivity contribution in [3.8, 4) is 5.75 Å². The molecule has 2 saturated heterocycles. The number of ether oxygens (including phenoxy) is 1. The predicted octanol–water partition coefficient (Wildman–Crippen LogP) is 2.07. The second-order valence-corrected chi connectivity index (χ2v) is 6.11. The van der Waals surface area contributed by atoms with Gasteiger partial charge in [0.25, 0.3) is 0 Å². The summed E-state index contributed by atoms with van der Waals surface area (Å²) in [7, 11) is 0. The molecule has 0 aliphatic carbocycles. The summed E-state index contributed by atoms with van der Waals surface area (Å²) >= 11 is 0. The molecule has 0 aromatic heterocycles. The van der Waals surface area contributed by atoms with Crippen molar-refractivity contribution < 1.29 is 9.53 Å². The van der Waals surface area contributed by atoms with Crippen LogP contribution in [0.4, 0.5) is 4.79 Å². The molecule has 2 amide bonds. The molecule has 5 heteroatoms. The first-order chi connectivity index (χ1) is 10.8. The van der Waals surface area contributed by atoms with Crippen molar-refractivity contribution in [2.45, 2.75) is 32.4 Å². The third-order valence-electron chi connectivity index (χ3n) is 4.41. The first kappa shape index (κ1) is 15.2. The van der Waals surface area contributed by atoms with Gasteiger partial charge < -0.3 is 15.0 Å². The van der Waals surface area contributed by atoms with Crippen LogP contribution in [-0.2, 0) is 6.54 Å². The van der Waals surface area contributed by atoms with Crippen molar-refractivity contribution in [1.82, 2.24) is 15.1 Å². The van der Waals surface area contributed by atoms with Gasteiger partial charge in [-0.15, -0.1) is 0 Å². The van der Waals surface area contributed by atoms with Crippen LogP contribution in [0.3, 0.4) is 0 Å². The minimum atomic E-state index is 0.0956. The standard InChI is InChI=1S/C17H25N3O2/c1-2-3-10-22-16-6-4-14(5-7-16)12-19-8-9-20-15(13-19)11-18-17(20)21/h4-7,15H,2-3,8-13H2,1H3,(H,18,21). The van der Waals surface area contributed by atoms with E-state index in [0.29, 0.717) is 6.04 Å². The lowest BCUT2D eigenvalue weighted by Gasteiger charge is -2.36. The van der Waals surface area contributed by atoms with E-state index in [1.807, 2.05) is 4.90 Å². The number of hydrogen-bond donors (Lipinski definition) is 1. The third kappa shape index (κ3) is 3.53. The van der Waals surface area contributed by atoms with Crippen LogP contribution in [0.15, 0.2) is 24.3 Å². The average Bonchev–Trinajstić information content (AvgIpc) is 2.90. The first-order valence-corrected chi connectivity index (χ1v) is 8.25. The van der Waals surface area contributed by atoms with Crippen LogP contribution in [0, 0.1) is 0 Å². The molecule has 0 radical (unpaired) electrons. The Hall–Kier alpha value is -1.75. The molecule has 2 aliphatic heterocycles. The van der Waals surface area contributed by atoms with E-state index in [2.05, 4.69) is 41.4 Å². The molecule has 1 unspecified atom stereocenters. The molecular weight excluding hydrogens is 278 g/mol. The molecule has 1 N–H and O–H groups in total. The largest absolute Gasteiger partial charge is 0.494 e. The zero-order valence-corrected chi connectivity index (χ0v) is 13.3. The zero-order chi connectivity index (χ0) is 15.4. The van der Waals surface area contributed by atoms with Crippen LogP contribution >= 0.6 is 0 Å². The first-order valence-electron chi connectivity index (χ1n) is 8.25. The Morgan fingerprint density at radius 2 is 2.09 bits per heavy atom. The summed E-state index contributed by atoms with van der Waals surface area (Å²) in [5.74, 6) is 0.951. The van der Waals surface area contributed by atoms with Gasteiger partial charge in [-0.2, -0.15) is 0 Å². The van der Waals surface area contributed by atoms with Crippen LogP contribution < -0.4 is 10.1 Å². The topological polar surface area (TPSA) is 44.8 Å². The van der Waals surface area contributed by atoms with Gasteiger partial charge in [-0.05, 0) is 24.1 Å². The quantitative estimate of drug-likeness (QED) is 0.818. The molecular formula is C17H25N3O2. The molecule has 1 atom stereocenters. The van der Waals surface area contributed by atoms with Gasteiger partial charge in [-0.25, -0.2) is 4.79 Å². The number of nitrogens with zero attached hydrogens (tertiary/aromatic N) is 2.